The van der Waals surface area contributed by atoms with Gasteiger partial charge in [-0.1, -0.05) is 12.1 Å². The van der Waals surface area contributed by atoms with Crippen molar-refractivity contribution in [2.24, 2.45) is 0 Å². The molecule has 0 atom stereocenters. The average Bonchev–Trinajstić information content (AvgIpc) is 2.61. The Bertz CT molecular complexity index is 775. The number of carbonyl (C=O) groups excluding carboxylic acids is 1. The van der Waals surface area contributed by atoms with E-state index in [1.54, 1.807) is 18.3 Å². The third-order valence-corrected chi connectivity index (χ3v) is 4.58. The van der Waals surface area contributed by atoms with Gasteiger partial charge in [0.05, 0.1) is 5.56 Å². The van der Waals surface area contributed by atoms with E-state index in [2.05, 4.69) is 4.90 Å². The van der Waals surface area contributed by atoms with Crippen molar-refractivity contribution in [3.05, 3.63) is 65.9 Å². The molecule has 130 valence electrons. The number of benzene rings is 2. The molecule has 1 aliphatic heterocycles. The summed E-state index contributed by atoms with van der Waals surface area (Å²) in [6.07, 6.45) is 5.18. The fourth-order valence-corrected chi connectivity index (χ4v) is 3.12. The van der Waals surface area contributed by atoms with Gasteiger partial charge < -0.3 is 20.2 Å². The highest BCUT2D eigenvalue weighted by atomic mass is 16.3. The number of hydrogen-bond donors (Lipinski definition) is 3. The third kappa shape index (κ3) is 4.12. The molecule has 1 saturated heterocycles. The highest BCUT2D eigenvalue weighted by molar-refractivity contribution is 6.06. The van der Waals surface area contributed by atoms with Crippen LogP contribution in [0.25, 0.3) is 0 Å². The van der Waals surface area contributed by atoms with Gasteiger partial charge in [0, 0.05) is 31.4 Å². The second-order valence-electron chi connectivity index (χ2n) is 6.28. The van der Waals surface area contributed by atoms with E-state index in [4.69, 9.17) is 0 Å². The van der Waals surface area contributed by atoms with E-state index in [0.29, 0.717) is 5.92 Å². The number of ketones is 1. The van der Waals surface area contributed by atoms with Crippen LogP contribution in [0, 0.1) is 0 Å². The van der Waals surface area contributed by atoms with Crippen LogP contribution in [-0.2, 0) is 0 Å². The molecule has 0 bridgehead atoms. The quantitative estimate of drug-likeness (QED) is 0.588. The zero-order valence-corrected chi connectivity index (χ0v) is 13.8. The van der Waals surface area contributed by atoms with Gasteiger partial charge in [-0.2, -0.15) is 0 Å². The van der Waals surface area contributed by atoms with Crippen LogP contribution >= 0.6 is 0 Å². The Morgan fingerprint density at radius 1 is 0.960 bits per heavy atom. The summed E-state index contributed by atoms with van der Waals surface area (Å²) in [4.78, 5) is 14.2. The first-order chi connectivity index (χ1) is 12.0. The summed E-state index contributed by atoms with van der Waals surface area (Å²) in [5.41, 5.74) is 1.40. The molecule has 0 aliphatic carbocycles. The summed E-state index contributed by atoms with van der Waals surface area (Å²) >= 11 is 0. The minimum atomic E-state index is -0.293. The summed E-state index contributed by atoms with van der Waals surface area (Å²) in [6, 6.07) is 11.3. The van der Waals surface area contributed by atoms with Crippen molar-refractivity contribution in [3.63, 3.8) is 0 Å². The lowest BCUT2D eigenvalue weighted by Gasteiger charge is -2.31. The molecule has 2 aromatic rings. The van der Waals surface area contributed by atoms with E-state index >= 15 is 0 Å². The number of hydrogen-bond acceptors (Lipinski definition) is 5. The van der Waals surface area contributed by atoms with E-state index in [1.165, 1.54) is 23.8 Å². The molecule has 0 aromatic heterocycles. The Hall–Kier alpha value is -2.95. The highest BCUT2D eigenvalue weighted by Gasteiger charge is 2.19. The second kappa shape index (κ2) is 7.30. The number of rotatable bonds is 4. The van der Waals surface area contributed by atoms with Gasteiger partial charge in [0.2, 0.25) is 0 Å². The van der Waals surface area contributed by atoms with Gasteiger partial charge in [-0.05, 0) is 48.6 Å². The predicted molar refractivity (Wildman–Crippen MR) is 94.9 cm³/mol. The van der Waals surface area contributed by atoms with Gasteiger partial charge in [0.25, 0.3) is 0 Å². The number of aromatic hydroxyl groups is 3. The average molecular weight is 339 g/mol. The number of allylic oxidation sites excluding steroid dienone is 1. The van der Waals surface area contributed by atoms with E-state index in [0.717, 1.165) is 32.0 Å². The Kier molecular flexibility index (Phi) is 4.93. The molecular weight excluding hydrogens is 318 g/mol. The van der Waals surface area contributed by atoms with E-state index in [9.17, 15) is 20.1 Å². The van der Waals surface area contributed by atoms with E-state index in [1.807, 2.05) is 12.1 Å². The third-order valence-electron chi connectivity index (χ3n) is 4.58. The largest absolute Gasteiger partial charge is 0.508 e. The molecule has 0 amide bonds. The zero-order chi connectivity index (χ0) is 17.8. The Labute approximate surface area is 146 Å². The molecule has 25 heavy (non-hydrogen) atoms. The molecule has 0 unspecified atom stereocenters. The van der Waals surface area contributed by atoms with Crippen molar-refractivity contribution in [3.8, 4) is 17.2 Å². The lowest BCUT2D eigenvalue weighted by atomic mass is 9.89. The molecule has 0 saturated carbocycles. The normalized spacial score (nSPS) is 15.6. The Morgan fingerprint density at radius 2 is 1.60 bits per heavy atom. The van der Waals surface area contributed by atoms with Crippen molar-refractivity contribution in [2.45, 2.75) is 18.8 Å². The number of carbonyl (C=O) groups is 1. The van der Waals surface area contributed by atoms with Crippen LogP contribution in [0.4, 0.5) is 0 Å². The van der Waals surface area contributed by atoms with E-state index in [-0.39, 0.29) is 28.6 Å². The predicted octanol–water partition coefficient (Wildman–Crippen LogP) is 3.38. The van der Waals surface area contributed by atoms with Crippen molar-refractivity contribution in [1.82, 2.24) is 4.90 Å². The van der Waals surface area contributed by atoms with Crippen LogP contribution < -0.4 is 0 Å². The first-order valence-electron chi connectivity index (χ1n) is 8.30. The zero-order valence-electron chi connectivity index (χ0n) is 13.8. The SMILES string of the molecule is O=C(/C=C/N1CCC(c2ccc(O)cc2)CC1)c1ccc(O)cc1O. The lowest BCUT2D eigenvalue weighted by Crippen LogP contribution is -2.28. The number of piperidine rings is 1. The fourth-order valence-electron chi connectivity index (χ4n) is 3.12. The first-order valence-corrected chi connectivity index (χ1v) is 8.30. The molecule has 1 heterocycles. The summed E-state index contributed by atoms with van der Waals surface area (Å²) in [6.45, 7) is 1.69. The van der Waals surface area contributed by atoms with E-state index < -0.39 is 0 Å². The van der Waals surface area contributed by atoms with Crippen LogP contribution in [0.2, 0.25) is 0 Å². The summed E-state index contributed by atoms with van der Waals surface area (Å²) in [7, 11) is 0. The molecule has 5 heteroatoms. The minimum absolute atomic E-state index is 0.0747. The molecule has 0 radical (unpaired) electrons. The maximum Gasteiger partial charge on any atom is 0.190 e. The summed E-state index contributed by atoms with van der Waals surface area (Å²) in [5.74, 6) is 0.149. The van der Waals surface area contributed by atoms with Crippen LogP contribution in [0.3, 0.4) is 0 Å². The number of phenolic OH excluding ortho intramolecular Hbond substituents is 3. The van der Waals surface area contributed by atoms with Gasteiger partial charge in [0.15, 0.2) is 5.78 Å². The maximum absolute atomic E-state index is 12.2. The topological polar surface area (TPSA) is 81.0 Å². The Balaban J connectivity index is 1.57. The molecule has 3 N–H and O–H groups in total. The van der Waals surface area contributed by atoms with Gasteiger partial charge in [-0.3, -0.25) is 4.79 Å². The van der Waals surface area contributed by atoms with Crippen LogP contribution in [0.5, 0.6) is 17.2 Å². The van der Waals surface area contributed by atoms with Crippen molar-refractivity contribution in [2.75, 3.05) is 13.1 Å². The number of phenols is 3. The van der Waals surface area contributed by atoms with Gasteiger partial charge >= 0.3 is 0 Å². The molecule has 2 aromatic carbocycles. The maximum atomic E-state index is 12.2. The summed E-state index contributed by atoms with van der Waals surface area (Å²) in [5, 5.41) is 28.4. The fraction of sp³-hybridized carbons (Fsp3) is 0.250. The molecule has 1 aliphatic rings. The standard InChI is InChI=1S/C20H21NO4/c22-16-3-1-14(2-4-16)15-7-10-21(11-8-15)12-9-19(24)18-6-5-17(23)13-20(18)25/h1-6,9,12-13,15,22-23,25H,7-8,10-11H2/b12-9+. The highest BCUT2D eigenvalue weighted by Crippen LogP contribution is 2.29. The molecule has 1 fully saturated rings. The molecule has 0 spiro atoms. The Morgan fingerprint density at radius 3 is 2.24 bits per heavy atom. The smallest absolute Gasteiger partial charge is 0.190 e. The number of nitrogens with zero attached hydrogens (tertiary/aromatic N) is 1. The first kappa shape index (κ1) is 16.9. The molecular formula is C20H21NO4. The van der Waals surface area contributed by atoms with Gasteiger partial charge in [0.1, 0.15) is 17.2 Å². The minimum Gasteiger partial charge on any atom is -0.508 e. The second-order valence-corrected chi connectivity index (χ2v) is 6.28. The number of likely N-dealkylation sites (tertiary alicyclic amines) is 1. The van der Waals surface area contributed by atoms with Crippen LogP contribution in [0.15, 0.2) is 54.7 Å². The molecule has 3 rings (SSSR count). The lowest BCUT2D eigenvalue weighted by molar-refractivity contribution is 0.104. The van der Waals surface area contributed by atoms with Crippen molar-refractivity contribution < 1.29 is 20.1 Å². The van der Waals surface area contributed by atoms with Crippen LogP contribution in [-0.4, -0.2) is 39.1 Å². The monoisotopic (exact) mass is 339 g/mol. The van der Waals surface area contributed by atoms with Crippen molar-refractivity contribution >= 4 is 5.78 Å². The molecule has 5 nitrogen and oxygen atoms in total. The van der Waals surface area contributed by atoms with Crippen LogP contribution in [0.1, 0.15) is 34.7 Å². The summed E-state index contributed by atoms with van der Waals surface area (Å²) < 4.78 is 0. The van der Waals surface area contributed by atoms with Crippen molar-refractivity contribution in [1.29, 1.82) is 0 Å². The van der Waals surface area contributed by atoms with Gasteiger partial charge in [-0.15, -0.1) is 0 Å². The van der Waals surface area contributed by atoms with Gasteiger partial charge in [-0.25, -0.2) is 0 Å².